The zero-order valence-electron chi connectivity index (χ0n) is 15.7. The second kappa shape index (κ2) is 8.83. The van der Waals surface area contributed by atoms with Crippen molar-refractivity contribution in [1.82, 2.24) is 19.6 Å². The molecule has 2 heterocycles. The molecule has 10 heteroatoms. The fraction of sp³-hybridized carbons (Fsp3) is 0.211. The van der Waals surface area contributed by atoms with Crippen LogP contribution < -0.4 is 10.6 Å². The number of carboxylic acids is 1. The highest BCUT2D eigenvalue weighted by Gasteiger charge is 2.21. The van der Waals surface area contributed by atoms with Gasteiger partial charge in [0.25, 0.3) is 11.8 Å². The van der Waals surface area contributed by atoms with Crippen molar-refractivity contribution < 1.29 is 19.5 Å². The molecule has 2 amide bonds. The van der Waals surface area contributed by atoms with Crippen LogP contribution in [-0.2, 0) is 17.9 Å². The van der Waals surface area contributed by atoms with E-state index in [2.05, 4.69) is 20.8 Å². The molecule has 1 aromatic carbocycles. The lowest BCUT2D eigenvalue weighted by atomic mass is 10.3. The molecule has 0 saturated heterocycles. The van der Waals surface area contributed by atoms with Crippen LogP contribution >= 0.6 is 0 Å². The smallest absolute Gasteiger partial charge is 0.305 e. The Kier molecular flexibility index (Phi) is 6.03. The molecule has 3 N–H and O–H groups in total. The van der Waals surface area contributed by atoms with Crippen molar-refractivity contribution in [2.45, 2.75) is 26.4 Å². The van der Waals surface area contributed by atoms with Crippen molar-refractivity contribution in [3.63, 3.8) is 0 Å². The van der Waals surface area contributed by atoms with Crippen molar-refractivity contribution in [3.05, 3.63) is 60.2 Å². The lowest BCUT2D eigenvalue weighted by Gasteiger charge is -2.08. The average molecular weight is 396 g/mol. The molecule has 0 aliphatic heterocycles. The Morgan fingerprint density at radius 3 is 2.52 bits per heavy atom. The monoisotopic (exact) mass is 396 g/mol. The molecule has 150 valence electrons. The standard InChI is InChI=1S/C19H20N6O4/c1-2-24-12-14(17(23-24)19(29)21-13-6-4-3-5-7-13)22-18(28)15-8-10-20-25(15)11-9-16(26)27/h3-8,10,12H,2,9,11H2,1H3,(H,21,29)(H,22,28)(H,26,27). The Hall–Kier alpha value is -3.95. The summed E-state index contributed by atoms with van der Waals surface area (Å²) in [4.78, 5) is 36.1. The maximum absolute atomic E-state index is 12.7. The van der Waals surface area contributed by atoms with Gasteiger partial charge in [-0.3, -0.25) is 23.7 Å². The maximum atomic E-state index is 12.7. The van der Waals surface area contributed by atoms with Crippen LogP contribution in [-0.4, -0.2) is 42.5 Å². The molecule has 0 spiro atoms. The Bertz CT molecular complexity index is 1020. The van der Waals surface area contributed by atoms with Gasteiger partial charge in [-0.05, 0) is 25.1 Å². The van der Waals surface area contributed by atoms with Crippen molar-refractivity contribution >= 4 is 29.2 Å². The summed E-state index contributed by atoms with van der Waals surface area (Å²) in [7, 11) is 0. The molecule has 0 radical (unpaired) electrons. The van der Waals surface area contributed by atoms with Gasteiger partial charge < -0.3 is 15.7 Å². The molecule has 0 unspecified atom stereocenters. The van der Waals surface area contributed by atoms with Gasteiger partial charge >= 0.3 is 5.97 Å². The van der Waals surface area contributed by atoms with E-state index in [1.54, 1.807) is 30.5 Å². The number of carbonyl (C=O) groups excluding carboxylic acids is 2. The van der Waals surface area contributed by atoms with Crippen LogP contribution in [0.5, 0.6) is 0 Å². The van der Waals surface area contributed by atoms with Gasteiger partial charge in [-0.1, -0.05) is 18.2 Å². The molecule has 0 aliphatic rings. The van der Waals surface area contributed by atoms with Gasteiger partial charge in [-0.2, -0.15) is 10.2 Å². The summed E-state index contributed by atoms with van der Waals surface area (Å²) >= 11 is 0. The van der Waals surface area contributed by atoms with Crippen LogP contribution in [0.4, 0.5) is 11.4 Å². The summed E-state index contributed by atoms with van der Waals surface area (Å²) in [5, 5.41) is 22.4. The van der Waals surface area contributed by atoms with E-state index in [9.17, 15) is 14.4 Å². The quantitative estimate of drug-likeness (QED) is 0.534. The van der Waals surface area contributed by atoms with Crippen LogP contribution in [0, 0.1) is 0 Å². The van der Waals surface area contributed by atoms with Crippen molar-refractivity contribution in [3.8, 4) is 0 Å². The molecular formula is C19H20N6O4. The lowest BCUT2D eigenvalue weighted by Crippen LogP contribution is -2.21. The molecule has 0 atom stereocenters. The van der Waals surface area contributed by atoms with Crippen molar-refractivity contribution in [1.29, 1.82) is 0 Å². The highest BCUT2D eigenvalue weighted by molar-refractivity contribution is 6.11. The van der Waals surface area contributed by atoms with Gasteiger partial charge in [-0.15, -0.1) is 0 Å². The molecule has 0 fully saturated rings. The second-order valence-electron chi connectivity index (χ2n) is 6.10. The Morgan fingerprint density at radius 1 is 1.07 bits per heavy atom. The second-order valence-corrected chi connectivity index (χ2v) is 6.10. The first-order valence-electron chi connectivity index (χ1n) is 8.96. The number of aliphatic carboxylic acids is 1. The molecule has 3 rings (SSSR count). The maximum Gasteiger partial charge on any atom is 0.305 e. The first-order chi connectivity index (χ1) is 14.0. The fourth-order valence-electron chi connectivity index (χ4n) is 2.65. The summed E-state index contributed by atoms with van der Waals surface area (Å²) in [5.74, 6) is -1.97. The Labute approximate surface area is 166 Å². The molecular weight excluding hydrogens is 376 g/mol. The number of carboxylic acid groups (broad SMARTS) is 1. The number of para-hydroxylation sites is 1. The van der Waals surface area contributed by atoms with E-state index >= 15 is 0 Å². The van der Waals surface area contributed by atoms with Crippen molar-refractivity contribution in [2.24, 2.45) is 0 Å². The average Bonchev–Trinajstić information content (AvgIpc) is 3.34. The third-order valence-electron chi connectivity index (χ3n) is 4.07. The lowest BCUT2D eigenvalue weighted by molar-refractivity contribution is -0.137. The van der Waals surface area contributed by atoms with E-state index in [4.69, 9.17) is 5.11 Å². The molecule has 10 nitrogen and oxygen atoms in total. The normalized spacial score (nSPS) is 10.5. The van der Waals surface area contributed by atoms with E-state index in [0.717, 1.165) is 0 Å². The molecule has 29 heavy (non-hydrogen) atoms. The van der Waals surface area contributed by atoms with Crippen LogP contribution in [0.3, 0.4) is 0 Å². The highest BCUT2D eigenvalue weighted by atomic mass is 16.4. The zero-order valence-corrected chi connectivity index (χ0v) is 15.7. The number of aryl methyl sites for hydroxylation is 2. The van der Waals surface area contributed by atoms with Crippen LogP contribution in [0.15, 0.2) is 48.8 Å². The molecule has 0 bridgehead atoms. The molecule has 2 aromatic heterocycles. The Morgan fingerprint density at radius 2 is 1.83 bits per heavy atom. The van der Waals surface area contributed by atoms with E-state index in [0.29, 0.717) is 12.2 Å². The fourth-order valence-corrected chi connectivity index (χ4v) is 2.65. The number of rotatable bonds is 8. The zero-order chi connectivity index (χ0) is 20.8. The first-order valence-corrected chi connectivity index (χ1v) is 8.96. The number of aromatic nitrogens is 4. The van der Waals surface area contributed by atoms with Gasteiger partial charge in [0.1, 0.15) is 5.69 Å². The number of nitrogens with one attached hydrogen (secondary N) is 2. The summed E-state index contributed by atoms with van der Waals surface area (Å²) in [6.45, 7) is 2.43. The van der Waals surface area contributed by atoms with E-state index in [1.165, 1.54) is 21.6 Å². The van der Waals surface area contributed by atoms with Crippen LogP contribution in [0.25, 0.3) is 0 Å². The molecule has 0 saturated carbocycles. The van der Waals surface area contributed by atoms with Gasteiger partial charge in [0.05, 0.1) is 18.7 Å². The van der Waals surface area contributed by atoms with Gasteiger partial charge in [0.15, 0.2) is 5.69 Å². The predicted octanol–water partition coefficient (Wildman–Crippen LogP) is 2.08. The predicted molar refractivity (Wildman–Crippen MR) is 105 cm³/mol. The number of nitrogens with zero attached hydrogens (tertiary/aromatic N) is 4. The van der Waals surface area contributed by atoms with E-state index < -0.39 is 17.8 Å². The third kappa shape index (κ3) is 4.86. The number of anilines is 2. The summed E-state index contributed by atoms with van der Waals surface area (Å²) < 4.78 is 2.84. The van der Waals surface area contributed by atoms with E-state index in [1.807, 2.05) is 13.0 Å². The number of carbonyl (C=O) groups is 3. The molecule has 3 aromatic rings. The minimum absolute atomic E-state index is 0.0562. The van der Waals surface area contributed by atoms with Gasteiger partial charge in [0.2, 0.25) is 0 Å². The van der Waals surface area contributed by atoms with Crippen molar-refractivity contribution in [2.75, 3.05) is 10.6 Å². The SMILES string of the molecule is CCn1cc(NC(=O)c2ccnn2CCC(=O)O)c(C(=O)Nc2ccccc2)n1. The van der Waals surface area contributed by atoms with Gasteiger partial charge in [-0.25, -0.2) is 0 Å². The first kappa shape index (κ1) is 19.8. The molecule has 0 aliphatic carbocycles. The summed E-state index contributed by atoms with van der Waals surface area (Å²) in [6, 6.07) is 10.4. The topological polar surface area (TPSA) is 131 Å². The minimum Gasteiger partial charge on any atom is -0.481 e. The highest BCUT2D eigenvalue weighted by Crippen LogP contribution is 2.18. The summed E-state index contributed by atoms with van der Waals surface area (Å²) in [5.41, 5.74) is 1.11. The number of benzene rings is 1. The number of hydrogen-bond donors (Lipinski definition) is 3. The third-order valence-corrected chi connectivity index (χ3v) is 4.07. The summed E-state index contributed by atoms with van der Waals surface area (Å²) in [6.07, 6.45) is 2.81. The Balaban J connectivity index is 1.79. The number of hydrogen-bond acceptors (Lipinski definition) is 5. The number of amides is 2. The van der Waals surface area contributed by atoms with Crippen LogP contribution in [0.1, 0.15) is 34.3 Å². The van der Waals surface area contributed by atoms with Gasteiger partial charge in [0, 0.05) is 24.6 Å². The minimum atomic E-state index is -0.990. The van der Waals surface area contributed by atoms with Crippen LogP contribution in [0.2, 0.25) is 0 Å². The largest absolute Gasteiger partial charge is 0.481 e. The van der Waals surface area contributed by atoms with E-state index in [-0.39, 0.29) is 30.0 Å².